The van der Waals surface area contributed by atoms with Crippen molar-refractivity contribution in [1.82, 2.24) is 20.0 Å². The van der Waals surface area contributed by atoms with E-state index in [4.69, 9.17) is 10.5 Å². The monoisotopic (exact) mass is 527 g/mol. The molecule has 1 aromatic carbocycles. The first-order chi connectivity index (χ1) is 17.9. The predicted octanol–water partition coefficient (Wildman–Crippen LogP) is 2.69. The summed E-state index contributed by atoms with van der Waals surface area (Å²) in [4.78, 5) is 44.3. The van der Waals surface area contributed by atoms with E-state index in [-0.39, 0.29) is 41.7 Å². The summed E-state index contributed by atoms with van der Waals surface area (Å²) >= 11 is 0. The lowest BCUT2D eigenvalue weighted by Gasteiger charge is -2.53. The van der Waals surface area contributed by atoms with Crippen molar-refractivity contribution in [3.05, 3.63) is 35.9 Å². The zero-order chi connectivity index (χ0) is 27.8. The maximum absolute atomic E-state index is 14.0. The maximum atomic E-state index is 14.0. The molecule has 1 spiro atoms. The molecule has 9 nitrogen and oxygen atoms in total. The number of methoxy groups -OCH3 is 1. The van der Waals surface area contributed by atoms with E-state index >= 15 is 0 Å². The van der Waals surface area contributed by atoms with Crippen LogP contribution in [0.15, 0.2) is 30.3 Å². The van der Waals surface area contributed by atoms with Gasteiger partial charge in [0.15, 0.2) is 0 Å². The Bertz CT molecular complexity index is 1020. The van der Waals surface area contributed by atoms with Gasteiger partial charge in [-0.3, -0.25) is 14.5 Å². The summed E-state index contributed by atoms with van der Waals surface area (Å²) in [6.45, 7) is 4.83. The second-order valence-electron chi connectivity index (χ2n) is 12.5. The summed E-state index contributed by atoms with van der Waals surface area (Å²) in [5.41, 5.74) is 4.97. The summed E-state index contributed by atoms with van der Waals surface area (Å²) in [5, 5.41) is 2.61. The number of rotatable bonds is 10. The summed E-state index contributed by atoms with van der Waals surface area (Å²) in [6, 6.07) is 10.6. The van der Waals surface area contributed by atoms with E-state index in [1.54, 1.807) is 7.11 Å². The van der Waals surface area contributed by atoms with Crippen molar-refractivity contribution in [1.29, 1.82) is 0 Å². The van der Waals surface area contributed by atoms with Gasteiger partial charge in [-0.05, 0) is 78.5 Å². The Hall–Kier alpha value is -2.65. The summed E-state index contributed by atoms with van der Waals surface area (Å²) < 4.78 is 5.97. The van der Waals surface area contributed by atoms with Crippen LogP contribution in [0.2, 0.25) is 0 Å². The lowest BCUT2D eigenvalue weighted by molar-refractivity contribution is -0.131. The third-order valence-corrected chi connectivity index (χ3v) is 9.50. The number of benzene rings is 1. The Morgan fingerprint density at radius 1 is 1.08 bits per heavy atom. The molecule has 38 heavy (non-hydrogen) atoms. The number of amides is 4. The standard InChI is InChI=1S/C29H45N5O4/c1-26(2,24(36)31-18-23(30)35)19-33-20-27(34(25(33)37)21-28(38-5)12-9-13-28)14-16-29(17-15-27,32(3)4)22-10-7-6-8-11-22/h6-8,10-11H,9,12-21H2,1-5H3,(H2,30,35)(H,31,36). The molecule has 4 amide bonds. The molecule has 1 aromatic rings. The number of ether oxygens (including phenoxy) is 1. The van der Waals surface area contributed by atoms with Gasteiger partial charge in [0.1, 0.15) is 0 Å². The van der Waals surface area contributed by atoms with Crippen molar-refractivity contribution in [3.8, 4) is 0 Å². The normalized spacial score (nSPS) is 27.1. The number of urea groups is 1. The Morgan fingerprint density at radius 2 is 1.71 bits per heavy atom. The van der Waals surface area contributed by atoms with Crippen LogP contribution in [0.3, 0.4) is 0 Å². The van der Waals surface area contributed by atoms with E-state index in [2.05, 4.69) is 59.5 Å². The number of carbonyl (C=O) groups is 3. The van der Waals surface area contributed by atoms with E-state index in [9.17, 15) is 14.4 Å². The molecule has 1 saturated heterocycles. The van der Waals surface area contributed by atoms with Crippen molar-refractivity contribution in [2.45, 2.75) is 75.5 Å². The molecule has 2 aliphatic carbocycles. The molecule has 0 radical (unpaired) electrons. The molecule has 2 saturated carbocycles. The van der Waals surface area contributed by atoms with Gasteiger partial charge in [0.25, 0.3) is 0 Å². The van der Waals surface area contributed by atoms with Gasteiger partial charge in [0.05, 0.1) is 29.6 Å². The second kappa shape index (κ2) is 10.5. The molecular weight excluding hydrogens is 482 g/mol. The number of nitrogens with zero attached hydrogens (tertiary/aromatic N) is 3. The molecule has 0 bridgehead atoms. The van der Waals surface area contributed by atoms with Crippen LogP contribution in [0.1, 0.15) is 64.4 Å². The number of primary amides is 1. The van der Waals surface area contributed by atoms with E-state index in [1.165, 1.54) is 5.56 Å². The van der Waals surface area contributed by atoms with Gasteiger partial charge >= 0.3 is 6.03 Å². The van der Waals surface area contributed by atoms with Crippen LogP contribution in [0.5, 0.6) is 0 Å². The van der Waals surface area contributed by atoms with Crippen LogP contribution < -0.4 is 11.1 Å². The molecule has 4 rings (SSSR count). The third kappa shape index (κ3) is 5.15. The number of nitrogens with two attached hydrogens (primary N) is 1. The van der Waals surface area contributed by atoms with E-state index in [0.717, 1.165) is 44.9 Å². The molecule has 9 heteroatoms. The van der Waals surface area contributed by atoms with Crippen LogP contribution in [0.4, 0.5) is 4.79 Å². The van der Waals surface area contributed by atoms with Gasteiger partial charge in [-0.25, -0.2) is 4.79 Å². The van der Waals surface area contributed by atoms with Crippen LogP contribution in [0.25, 0.3) is 0 Å². The van der Waals surface area contributed by atoms with Crippen molar-refractivity contribution in [3.63, 3.8) is 0 Å². The highest BCUT2D eigenvalue weighted by molar-refractivity contribution is 5.87. The molecular formula is C29H45N5O4. The maximum Gasteiger partial charge on any atom is 0.320 e. The summed E-state index contributed by atoms with van der Waals surface area (Å²) in [7, 11) is 6.05. The molecule has 0 aromatic heterocycles. The van der Waals surface area contributed by atoms with Gasteiger partial charge in [-0.15, -0.1) is 0 Å². The number of hydrogen-bond donors (Lipinski definition) is 2. The van der Waals surface area contributed by atoms with Crippen molar-refractivity contribution in [2.24, 2.45) is 11.1 Å². The summed E-state index contributed by atoms with van der Waals surface area (Å²) in [6.07, 6.45) is 6.63. The molecule has 0 atom stereocenters. The fraction of sp³-hybridized carbons (Fsp3) is 0.690. The van der Waals surface area contributed by atoms with Crippen molar-refractivity contribution < 1.29 is 19.1 Å². The van der Waals surface area contributed by atoms with E-state index in [1.807, 2.05) is 18.7 Å². The average Bonchev–Trinajstić information content (AvgIpc) is 3.10. The topological polar surface area (TPSA) is 108 Å². The summed E-state index contributed by atoms with van der Waals surface area (Å²) in [5.74, 6) is -0.879. The molecule has 0 unspecified atom stereocenters. The highest BCUT2D eigenvalue weighted by Crippen LogP contribution is 2.50. The van der Waals surface area contributed by atoms with Gasteiger partial charge in [0.2, 0.25) is 11.8 Å². The molecule has 3 aliphatic rings. The lowest BCUT2D eigenvalue weighted by atomic mass is 9.67. The SMILES string of the molecule is COC1(CN2C(=O)N(CC(C)(C)C(=O)NCC(N)=O)CC23CCC(c2ccccc2)(N(C)C)CC3)CCC1. The Balaban J connectivity index is 1.59. The van der Waals surface area contributed by atoms with Gasteiger partial charge < -0.3 is 25.6 Å². The molecule has 3 fully saturated rings. The smallest absolute Gasteiger partial charge is 0.320 e. The molecule has 3 N–H and O–H groups in total. The van der Waals surface area contributed by atoms with Crippen molar-refractivity contribution in [2.75, 3.05) is 47.4 Å². The Morgan fingerprint density at radius 3 is 2.21 bits per heavy atom. The van der Waals surface area contributed by atoms with E-state index < -0.39 is 11.3 Å². The highest BCUT2D eigenvalue weighted by Gasteiger charge is 2.57. The first kappa shape index (κ1) is 28.4. The first-order valence-electron chi connectivity index (χ1n) is 13.8. The zero-order valence-corrected chi connectivity index (χ0v) is 23.7. The van der Waals surface area contributed by atoms with Crippen molar-refractivity contribution >= 4 is 17.8 Å². The second-order valence-corrected chi connectivity index (χ2v) is 12.5. The molecule has 1 aliphatic heterocycles. The number of carbonyl (C=O) groups excluding carboxylic acids is 3. The predicted molar refractivity (Wildman–Crippen MR) is 146 cm³/mol. The third-order valence-electron chi connectivity index (χ3n) is 9.50. The van der Waals surface area contributed by atoms with Crippen LogP contribution in [0, 0.1) is 5.41 Å². The minimum absolute atomic E-state index is 0.0267. The lowest BCUT2D eigenvalue weighted by Crippen LogP contribution is -2.60. The largest absolute Gasteiger partial charge is 0.376 e. The van der Waals surface area contributed by atoms with Crippen LogP contribution in [-0.2, 0) is 19.9 Å². The highest BCUT2D eigenvalue weighted by atomic mass is 16.5. The number of hydrogen-bond acceptors (Lipinski definition) is 5. The minimum Gasteiger partial charge on any atom is -0.376 e. The first-order valence-corrected chi connectivity index (χ1v) is 13.8. The van der Waals surface area contributed by atoms with E-state index in [0.29, 0.717) is 13.1 Å². The Labute approximate surface area is 227 Å². The Kier molecular flexibility index (Phi) is 7.83. The van der Waals surface area contributed by atoms with Gasteiger partial charge in [-0.1, -0.05) is 30.3 Å². The minimum atomic E-state index is -0.871. The molecule has 1 heterocycles. The van der Waals surface area contributed by atoms with Crippen LogP contribution >= 0.6 is 0 Å². The van der Waals surface area contributed by atoms with Crippen LogP contribution in [-0.4, -0.2) is 91.1 Å². The van der Waals surface area contributed by atoms with Gasteiger partial charge in [-0.2, -0.15) is 0 Å². The quantitative estimate of drug-likeness (QED) is 0.486. The fourth-order valence-corrected chi connectivity index (χ4v) is 6.78. The van der Waals surface area contributed by atoms with Gasteiger partial charge in [0, 0.05) is 25.7 Å². The molecule has 210 valence electrons. The number of nitrogens with one attached hydrogen (secondary N) is 1. The average molecular weight is 528 g/mol. The zero-order valence-electron chi connectivity index (χ0n) is 23.7. The fourth-order valence-electron chi connectivity index (χ4n) is 6.78.